The second-order valence-electron chi connectivity index (χ2n) is 10.6. The second-order valence-corrected chi connectivity index (χ2v) is 10.6. The molecule has 5 rings (SSSR count). The lowest BCUT2D eigenvalue weighted by Gasteiger charge is -2.45. The molecule has 33 heavy (non-hydrogen) atoms. The van der Waals surface area contributed by atoms with Crippen LogP contribution in [0.15, 0.2) is 18.2 Å². The molecule has 2 amide bonds. The average Bonchev–Trinajstić information content (AvgIpc) is 3.48. The highest BCUT2D eigenvalue weighted by Crippen LogP contribution is 2.51. The number of carbonyl (C=O) groups excluding carboxylic acids is 2. The monoisotopic (exact) mass is 453 g/mol. The van der Waals surface area contributed by atoms with Crippen LogP contribution >= 0.6 is 0 Å². The molecule has 0 unspecified atom stereocenters. The van der Waals surface area contributed by atoms with Crippen molar-refractivity contribution in [3.8, 4) is 0 Å². The number of amides is 2. The van der Waals surface area contributed by atoms with E-state index in [-0.39, 0.29) is 17.4 Å². The van der Waals surface area contributed by atoms with Gasteiger partial charge in [0.2, 0.25) is 5.91 Å². The fraction of sp³-hybridized carbons (Fsp3) is 0.704. The van der Waals surface area contributed by atoms with E-state index in [1.54, 1.807) is 6.92 Å². The molecule has 6 nitrogen and oxygen atoms in total. The summed E-state index contributed by atoms with van der Waals surface area (Å²) in [5, 5.41) is 0. The third-order valence-corrected chi connectivity index (χ3v) is 8.81. The highest BCUT2D eigenvalue weighted by Gasteiger charge is 2.48. The molecule has 3 heterocycles. The molecule has 180 valence electrons. The Morgan fingerprint density at radius 2 is 1.73 bits per heavy atom. The average molecular weight is 454 g/mol. The number of rotatable bonds is 3. The SMILES string of the molecule is CCOC(=O)N1CCC(N2CCC3(CC2)CN(C(C)=O)c2c(C4CCCC4)cccc23)CC1. The highest BCUT2D eigenvalue weighted by molar-refractivity contribution is 5.96. The molecular formula is C27H39N3O3. The van der Waals surface area contributed by atoms with Gasteiger partial charge in [-0.05, 0) is 75.6 Å². The van der Waals surface area contributed by atoms with E-state index in [2.05, 4.69) is 28.0 Å². The Kier molecular flexibility index (Phi) is 6.39. The number of likely N-dealkylation sites (tertiary alicyclic amines) is 2. The lowest BCUT2D eigenvalue weighted by Crippen LogP contribution is -2.52. The van der Waals surface area contributed by atoms with Gasteiger partial charge in [0.15, 0.2) is 0 Å². The Hall–Kier alpha value is -2.08. The van der Waals surface area contributed by atoms with Gasteiger partial charge < -0.3 is 19.4 Å². The van der Waals surface area contributed by atoms with Crippen LogP contribution in [0.5, 0.6) is 0 Å². The van der Waals surface area contributed by atoms with Crippen molar-refractivity contribution < 1.29 is 14.3 Å². The first-order valence-electron chi connectivity index (χ1n) is 13.1. The molecule has 4 aliphatic rings. The summed E-state index contributed by atoms with van der Waals surface area (Å²) in [6.45, 7) is 8.60. The van der Waals surface area contributed by atoms with Crippen molar-refractivity contribution in [3.63, 3.8) is 0 Å². The van der Waals surface area contributed by atoms with Crippen LogP contribution in [0.4, 0.5) is 10.5 Å². The molecule has 1 aromatic rings. The van der Waals surface area contributed by atoms with Gasteiger partial charge in [-0.1, -0.05) is 31.0 Å². The summed E-state index contributed by atoms with van der Waals surface area (Å²) in [5.41, 5.74) is 4.20. The number of ether oxygens (including phenoxy) is 1. The quantitative estimate of drug-likeness (QED) is 0.668. The smallest absolute Gasteiger partial charge is 0.409 e. The number of fused-ring (bicyclic) bond motifs is 2. The zero-order chi connectivity index (χ0) is 23.0. The second kappa shape index (κ2) is 9.28. The third kappa shape index (κ3) is 4.16. The number of carbonyl (C=O) groups is 2. The Labute approximate surface area is 198 Å². The number of para-hydroxylation sites is 1. The third-order valence-electron chi connectivity index (χ3n) is 8.81. The van der Waals surface area contributed by atoms with Crippen LogP contribution < -0.4 is 4.90 Å². The predicted molar refractivity (Wildman–Crippen MR) is 130 cm³/mol. The van der Waals surface area contributed by atoms with Gasteiger partial charge in [-0.2, -0.15) is 0 Å². The van der Waals surface area contributed by atoms with Crippen LogP contribution in [0.2, 0.25) is 0 Å². The van der Waals surface area contributed by atoms with E-state index in [0.717, 1.165) is 58.4 Å². The number of hydrogen-bond acceptors (Lipinski definition) is 4. The van der Waals surface area contributed by atoms with Crippen LogP contribution in [0, 0.1) is 0 Å². The number of benzene rings is 1. The lowest BCUT2D eigenvalue weighted by atomic mass is 9.73. The molecule has 1 saturated carbocycles. The maximum atomic E-state index is 12.7. The largest absolute Gasteiger partial charge is 0.450 e. The van der Waals surface area contributed by atoms with Crippen molar-refractivity contribution in [3.05, 3.63) is 29.3 Å². The van der Waals surface area contributed by atoms with Gasteiger partial charge in [-0.15, -0.1) is 0 Å². The number of anilines is 1. The van der Waals surface area contributed by atoms with Crippen molar-refractivity contribution in [1.29, 1.82) is 0 Å². The van der Waals surface area contributed by atoms with Crippen molar-refractivity contribution in [2.45, 2.75) is 82.6 Å². The van der Waals surface area contributed by atoms with E-state index in [1.165, 1.54) is 42.5 Å². The van der Waals surface area contributed by atoms with Gasteiger partial charge in [0, 0.05) is 38.0 Å². The van der Waals surface area contributed by atoms with E-state index in [9.17, 15) is 9.59 Å². The molecule has 3 aliphatic heterocycles. The maximum Gasteiger partial charge on any atom is 0.409 e. The van der Waals surface area contributed by atoms with Crippen LogP contribution in [0.25, 0.3) is 0 Å². The first kappa shape index (κ1) is 22.7. The Bertz CT molecular complexity index is 879. The Balaban J connectivity index is 1.29. The molecule has 1 aromatic carbocycles. The standard InChI is InChI=1S/C27H39N3O3/c1-3-33-26(32)29-15-11-22(12-16-29)28-17-13-27(14-18-28)19-30(20(2)31)25-23(9-6-10-24(25)27)21-7-4-5-8-21/h6,9-10,21-22H,3-5,7-8,11-19H2,1-2H3. The highest BCUT2D eigenvalue weighted by atomic mass is 16.6. The van der Waals surface area contributed by atoms with E-state index in [1.807, 2.05) is 11.8 Å². The summed E-state index contributed by atoms with van der Waals surface area (Å²) in [6.07, 6.45) is 9.22. The molecular weight excluding hydrogens is 414 g/mol. The zero-order valence-corrected chi connectivity index (χ0v) is 20.4. The normalized spacial score (nSPS) is 23.8. The molecule has 0 aromatic heterocycles. The fourth-order valence-electron chi connectivity index (χ4n) is 6.97. The minimum Gasteiger partial charge on any atom is -0.450 e. The lowest BCUT2D eigenvalue weighted by molar-refractivity contribution is -0.116. The topological polar surface area (TPSA) is 53.1 Å². The first-order chi connectivity index (χ1) is 16.0. The molecule has 0 N–H and O–H groups in total. The van der Waals surface area contributed by atoms with Crippen molar-refractivity contribution >= 4 is 17.7 Å². The minimum absolute atomic E-state index is 0.0950. The minimum atomic E-state index is -0.168. The predicted octanol–water partition coefficient (Wildman–Crippen LogP) is 4.67. The van der Waals surface area contributed by atoms with Gasteiger partial charge >= 0.3 is 6.09 Å². The number of nitrogens with zero attached hydrogens (tertiary/aromatic N) is 3. The van der Waals surface area contributed by atoms with E-state index in [4.69, 9.17) is 4.74 Å². The van der Waals surface area contributed by atoms with Gasteiger partial charge in [0.05, 0.1) is 12.3 Å². The van der Waals surface area contributed by atoms with Gasteiger partial charge in [-0.25, -0.2) is 4.79 Å². The fourth-order valence-corrected chi connectivity index (χ4v) is 6.97. The van der Waals surface area contributed by atoms with Gasteiger partial charge in [-0.3, -0.25) is 4.79 Å². The van der Waals surface area contributed by atoms with Crippen molar-refractivity contribution in [2.75, 3.05) is 44.2 Å². The van der Waals surface area contributed by atoms with Crippen LogP contribution in [0.3, 0.4) is 0 Å². The van der Waals surface area contributed by atoms with Gasteiger partial charge in [0.1, 0.15) is 0 Å². The van der Waals surface area contributed by atoms with Crippen molar-refractivity contribution in [1.82, 2.24) is 9.80 Å². The van der Waals surface area contributed by atoms with Gasteiger partial charge in [0.25, 0.3) is 0 Å². The van der Waals surface area contributed by atoms with E-state index < -0.39 is 0 Å². The van der Waals surface area contributed by atoms with Crippen LogP contribution in [0.1, 0.15) is 82.3 Å². The molecule has 2 saturated heterocycles. The molecule has 1 spiro atoms. The number of hydrogen-bond donors (Lipinski definition) is 0. The summed E-state index contributed by atoms with van der Waals surface area (Å²) in [7, 11) is 0. The van der Waals surface area contributed by atoms with Crippen LogP contribution in [-0.4, -0.2) is 67.2 Å². The molecule has 3 fully saturated rings. The first-order valence-corrected chi connectivity index (χ1v) is 13.1. The summed E-state index contributed by atoms with van der Waals surface area (Å²) in [6, 6.07) is 7.39. The summed E-state index contributed by atoms with van der Waals surface area (Å²) < 4.78 is 5.18. The summed E-state index contributed by atoms with van der Waals surface area (Å²) in [5.74, 6) is 0.800. The molecule has 1 aliphatic carbocycles. The zero-order valence-electron chi connectivity index (χ0n) is 20.4. The molecule has 0 radical (unpaired) electrons. The van der Waals surface area contributed by atoms with Crippen molar-refractivity contribution in [2.24, 2.45) is 0 Å². The molecule has 6 heteroatoms. The van der Waals surface area contributed by atoms with E-state index in [0.29, 0.717) is 18.6 Å². The van der Waals surface area contributed by atoms with E-state index >= 15 is 0 Å². The maximum absolute atomic E-state index is 12.7. The summed E-state index contributed by atoms with van der Waals surface area (Å²) >= 11 is 0. The summed E-state index contributed by atoms with van der Waals surface area (Å²) in [4.78, 5) is 31.4. The molecule has 0 atom stereocenters. The number of piperidine rings is 2. The Morgan fingerprint density at radius 1 is 1.03 bits per heavy atom. The Morgan fingerprint density at radius 3 is 2.36 bits per heavy atom. The van der Waals surface area contributed by atoms with Crippen LogP contribution in [-0.2, 0) is 14.9 Å². The molecule has 0 bridgehead atoms.